The second-order valence-electron chi connectivity index (χ2n) is 2.44. The molecule has 0 saturated carbocycles. The zero-order valence-corrected chi connectivity index (χ0v) is 9.49. The number of hydrogen-bond acceptors (Lipinski definition) is 5. The van der Waals surface area contributed by atoms with Gasteiger partial charge in [-0.2, -0.15) is 4.99 Å². The fourth-order valence-electron chi connectivity index (χ4n) is 0.751. The lowest BCUT2D eigenvalue weighted by Gasteiger charge is -1.96. The van der Waals surface area contributed by atoms with Crippen molar-refractivity contribution in [3.63, 3.8) is 0 Å². The van der Waals surface area contributed by atoms with Crippen molar-refractivity contribution in [2.75, 3.05) is 6.54 Å². The average Bonchev–Trinajstić information content (AvgIpc) is 2.52. The van der Waals surface area contributed by atoms with E-state index in [1.54, 1.807) is 11.9 Å². The van der Waals surface area contributed by atoms with E-state index < -0.39 is 0 Å². The van der Waals surface area contributed by atoms with Gasteiger partial charge in [0.15, 0.2) is 5.96 Å². The Morgan fingerprint density at radius 3 is 3.14 bits per heavy atom. The van der Waals surface area contributed by atoms with Crippen LogP contribution in [-0.2, 0) is 5.75 Å². The first-order chi connectivity index (χ1) is 6.72. The summed E-state index contributed by atoms with van der Waals surface area (Å²) in [4.78, 5) is 8.09. The van der Waals surface area contributed by atoms with Gasteiger partial charge in [-0.15, -0.1) is 11.3 Å². The first-order valence-electron chi connectivity index (χ1n) is 4.11. The second-order valence-corrected chi connectivity index (χ2v) is 4.15. The fourth-order valence-corrected chi connectivity index (χ4v) is 2.16. The molecule has 0 spiro atoms. The first-order valence-corrected chi connectivity index (χ1v) is 5.97. The Hall–Kier alpha value is -0.790. The molecule has 0 aliphatic rings. The summed E-state index contributed by atoms with van der Waals surface area (Å²) in [6.45, 7) is 2.99. The molecule has 0 aromatic carbocycles. The minimum Gasteiger partial charge on any atom is -0.370 e. The molecule has 0 atom stereocenters. The number of nitrogens with one attached hydrogen (secondary N) is 1. The van der Waals surface area contributed by atoms with E-state index in [4.69, 9.17) is 11.5 Å². The summed E-state index contributed by atoms with van der Waals surface area (Å²) < 4.78 is 3.14. The first kappa shape index (κ1) is 11.3. The summed E-state index contributed by atoms with van der Waals surface area (Å²) in [7, 11) is 0. The van der Waals surface area contributed by atoms with E-state index in [1.165, 1.54) is 11.3 Å². The van der Waals surface area contributed by atoms with Crippen LogP contribution in [-0.4, -0.2) is 17.5 Å². The van der Waals surface area contributed by atoms with Crippen molar-refractivity contribution < 1.29 is 0 Å². The van der Waals surface area contributed by atoms with E-state index in [2.05, 4.69) is 21.6 Å². The molecule has 14 heavy (non-hydrogen) atoms. The van der Waals surface area contributed by atoms with E-state index in [0.29, 0.717) is 5.13 Å². The molecule has 0 unspecified atom stereocenters. The van der Waals surface area contributed by atoms with E-state index >= 15 is 0 Å². The number of hydrogen-bond donors (Lipinski definition) is 3. The van der Waals surface area contributed by atoms with Gasteiger partial charge in [-0.1, -0.05) is 18.9 Å². The summed E-state index contributed by atoms with van der Waals surface area (Å²) in [6.07, 6.45) is 0. The fraction of sp³-hybridized carbons (Fsp3) is 0.429. The Labute approximate surface area is 91.1 Å². The molecule has 0 amide bonds. The SMILES string of the molecule is CCNSCc1csc(N=C(N)N)n1. The van der Waals surface area contributed by atoms with Crippen molar-refractivity contribution in [3.05, 3.63) is 11.1 Å². The van der Waals surface area contributed by atoms with Gasteiger partial charge in [0.25, 0.3) is 0 Å². The van der Waals surface area contributed by atoms with Gasteiger partial charge in [-0.3, -0.25) is 4.72 Å². The molecule has 1 aromatic heterocycles. The van der Waals surface area contributed by atoms with Crippen LogP contribution in [0.2, 0.25) is 0 Å². The van der Waals surface area contributed by atoms with Crippen LogP contribution in [0, 0.1) is 0 Å². The van der Waals surface area contributed by atoms with Gasteiger partial charge in [-0.25, -0.2) is 4.98 Å². The minimum absolute atomic E-state index is 0.0465. The Morgan fingerprint density at radius 1 is 1.71 bits per heavy atom. The van der Waals surface area contributed by atoms with Crippen molar-refractivity contribution in [2.24, 2.45) is 16.5 Å². The zero-order chi connectivity index (χ0) is 10.4. The summed E-state index contributed by atoms with van der Waals surface area (Å²) in [5, 5.41) is 2.56. The monoisotopic (exact) mass is 231 g/mol. The van der Waals surface area contributed by atoms with E-state index in [1.807, 2.05) is 5.38 Å². The van der Waals surface area contributed by atoms with Crippen molar-refractivity contribution in [1.29, 1.82) is 0 Å². The lowest BCUT2D eigenvalue weighted by Crippen LogP contribution is -2.21. The topological polar surface area (TPSA) is 89.3 Å². The van der Waals surface area contributed by atoms with Crippen LogP contribution in [0.25, 0.3) is 0 Å². The molecular formula is C7H13N5S2. The molecule has 0 bridgehead atoms. The maximum Gasteiger partial charge on any atom is 0.212 e. The largest absolute Gasteiger partial charge is 0.370 e. The van der Waals surface area contributed by atoms with Gasteiger partial charge in [0.1, 0.15) is 0 Å². The predicted molar refractivity (Wildman–Crippen MR) is 62.6 cm³/mol. The second kappa shape index (κ2) is 5.84. The molecule has 5 N–H and O–H groups in total. The third-order valence-corrected chi connectivity index (χ3v) is 2.95. The maximum atomic E-state index is 5.23. The third kappa shape index (κ3) is 3.95. The van der Waals surface area contributed by atoms with Crippen molar-refractivity contribution in [2.45, 2.75) is 12.7 Å². The highest BCUT2D eigenvalue weighted by Crippen LogP contribution is 2.20. The highest BCUT2D eigenvalue weighted by molar-refractivity contribution is 7.96. The van der Waals surface area contributed by atoms with Crippen LogP contribution in [0.15, 0.2) is 10.4 Å². The lowest BCUT2D eigenvalue weighted by molar-refractivity contribution is 1.03. The Bertz CT molecular complexity index is 305. The smallest absolute Gasteiger partial charge is 0.212 e. The summed E-state index contributed by atoms with van der Waals surface area (Å²) in [5.41, 5.74) is 11.5. The number of rotatable bonds is 5. The maximum absolute atomic E-state index is 5.23. The van der Waals surface area contributed by atoms with Crippen molar-refractivity contribution in [1.82, 2.24) is 9.71 Å². The van der Waals surface area contributed by atoms with Crippen LogP contribution < -0.4 is 16.2 Å². The number of nitrogens with two attached hydrogens (primary N) is 2. The van der Waals surface area contributed by atoms with Crippen LogP contribution in [0.4, 0.5) is 5.13 Å². The number of nitrogens with zero attached hydrogens (tertiary/aromatic N) is 2. The molecule has 78 valence electrons. The molecule has 1 aromatic rings. The molecule has 7 heteroatoms. The number of thiazole rings is 1. The van der Waals surface area contributed by atoms with E-state index in [-0.39, 0.29) is 5.96 Å². The van der Waals surface area contributed by atoms with Crippen LogP contribution in [0.1, 0.15) is 12.6 Å². The Balaban J connectivity index is 2.47. The van der Waals surface area contributed by atoms with E-state index in [0.717, 1.165) is 18.0 Å². The molecular weight excluding hydrogens is 218 g/mol. The highest BCUT2D eigenvalue weighted by Gasteiger charge is 2.00. The Kier molecular flexibility index (Phi) is 4.71. The molecule has 5 nitrogen and oxygen atoms in total. The van der Waals surface area contributed by atoms with E-state index in [9.17, 15) is 0 Å². The summed E-state index contributed by atoms with van der Waals surface area (Å²) >= 11 is 3.06. The third-order valence-electron chi connectivity index (χ3n) is 1.23. The number of guanidine groups is 1. The molecule has 0 aliphatic heterocycles. The molecule has 0 aliphatic carbocycles. The molecule has 1 rings (SSSR count). The van der Waals surface area contributed by atoms with Gasteiger partial charge < -0.3 is 11.5 Å². The highest BCUT2D eigenvalue weighted by atomic mass is 32.2. The van der Waals surface area contributed by atoms with Gasteiger partial charge in [0.2, 0.25) is 5.13 Å². The average molecular weight is 231 g/mol. The molecule has 0 fully saturated rings. The lowest BCUT2D eigenvalue weighted by atomic mass is 10.6. The van der Waals surface area contributed by atoms with Gasteiger partial charge >= 0.3 is 0 Å². The van der Waals surface area contributed by atoms with Gasteiger partial charge in [0.05, 0.1) is 11.4 Å². The number of aliphatic imine (C=N–C) groups is 1. The molecule has 0 saturated heterocycles. The van der Waals surface area contributed by atoms with Crippen molar-refractivity contribution in [3.8, 4) is 0 Å². The summed E-state index contributed by atoms with van der Waals surface area (Å²) in [5.74, 6) is 0.870. The normalized spacial score (nSPS) is 10.1. The zero-order valence-electron chi connectivity index (χ0n) is 7.86. The minimum atomic E-state index is 0.0465. The quantitative estimate of drug-likeness (QED) is 0.302. The van der Waals surface area contributed by atoms with Gasteiger partial charge in [-0.05, 0) is 0 Å². The standard InChI is InChI=1S/C7H13N5S2/c1-2-10-14-4-5-3-13-7(11-5)12-6(8)9/h3,10H,2,4H2,1H3,(H4,8,9,11,12). The Morgan fingerprint density at radius 2 is 2.50 bits per heavy atom. The number of aromatic nitrogens is 1. The predicted octanol–water partition coefficient (Wildman–Crippen LogP) is 0.806. The van der Waals surface area contributed by atoms with Crippen molar-refractivity contribution >= 4 is 34.4 Å². The molecule has 0 radical (unpaired) electrons. The summed E-state index contributed by atoms with van der Waals surface area (Å²) in [6, 6.07) is 0. The van der Waals surface area contributed by atoms with Gasteiger partial charge in [0, 0.05) is 11.9 Å². The van der Waals surface area contributed by atoms with Crippen LogP contribution in [0.3, 0.4) is 0 Å². The van der Waals surface area contributed by atoms with Crippen LogP contribution in [0.5, 0.6) is 0 Å². The molecule has 1 heterocycles. The van der Waals surface area contributed by atoms with Crippen LogP contribution >= 0.6 is 23.3 Å².